The largest absolute Gasteiger partial charge is 0.326 e. The number of benzene rings is 1. The average molecular weight is 215 g/mol. The Morgan fingerprint density at radius 3 is 2.77 bits per heavy atom. The Morgan fingerprint density at radius 1 is 1.38 bits per heavy atom. The standard InChI is InChI=1S/C8H7ClN2OS/c9-6-4-2-1-3-5(6)7-10-8(12)13-11-7/h1-4,7,11H,(H,10,12). The fraction of sp³-hybridized carbons (Fsp3) is 0.125. The molecule has 1 aromatic rings. The topological polar surface area (TPSA) is 41.1 Å². The first-order valence-corrected chi connectivity index (χ1v) is 4.94. The molecule has 0 saturated carbocycles. The van der Waals surface area contributed by atoms with Crippen LogP contribution in [0.5, 0.6) is 0 Å². The van der Waals surface area contributed by atoms with Gasteiger partial charge >= 0.3 is 0 Å². The molecule has 1 atom stereocenters. The van der Waals surface area contributed by atoms with Crippen molar-refractivity contribution in [2.75, 3.05) is 0 Å². The Labute approximate surface area is 85.0 Å². The van der Waals surface area contributed by atoms with Crippen molar-refractivity contribution in [2.24, 2.45) is 0 Å². The molecular formula is C8H7ClN2OS. The Balaban J connectivity index is 2.26. The summed E-state index contributed by atoms with van der Waals surface area (Å²) in [5.41, 5.74) is 0.891. The van der Waals surface area contributed by atoms with Crippen LogP contribution in [0.3, 0.4) is 0 Å². The van der Waals surface area contributed by atoms with Crippen LogP contribution in [0.25, 0.3) is 0 Å². The van der Waals surface area contributed by atoms with E-state index in [2.05, 4.69) is 10.0 Å². The fourth-order valence-electron chi connectivity index (χ4n) is 1.14. The van der Waals surface area contributed by atoms with Crippen molar-refractivity contribution in [3.8, 4) is 0 Å². The van der Waals surface area contributed by atoms with Gasteiger partial charge in [0.15, 0.2) is 0 Å². The van der Waals surface area contributed by atoms with Crippen LogP contribution in [0.1, 0.15) is 11.7 Å². The Kier molecular flexibility index (Phi) is 2.44. The van der Waals surface area contributed by atoms with Gasteiger partial charge in [0, 0.05) is 22.5 Å². The van der Waals surface area contributed by atoms with E-state index in [1.807, 2.05) is 18.2 Å². The van der Waals surface area contributed by atoms with E-state index in [1.54, 1.807) is 6.07 Å². The van der Waals surface area contributed by atoms with Crippen LogP contribution in [-0.2, 0) is 0 Å². The van der Waals surface area contributed by atoms with E-state index in [4.69, 9.17) is 11.6 Å². The molecule has 0 bridgehead atoms. The van der Waals surface area contributed by atoms with Crippen molar-refractivity contribution in [2.45, 2.75) is 6.17 Å². The summed E-state index contributed by atoms with van der Waals surface area (Å²) in [6.07, 6.45) is -0.175. The number of halogens is 1. The summed E-state index contributed by atoms with van der Waals surface area (Å²) >= 11 is 7.00. The van der Waals surface area contributed by atoms with Crippen LogP contribution in [-0.4, -0.2) is 5.24 Å². The first kappa shape index (κ1) is 8.87. The predicted molar refractivity (Wildman–Crippen MR) is 53.5 cm³/mol. The zero-order chi connectivity index (χ0) is 9.26. The molecule has 0 radical (unpaired) electrons. The summed E-state index contributed by atoms with van der Waals surface area (Å²) < 4.78 is 2.94. The molecule has 3 nitrogen and oxygen atoms in total. The molecule has 13 heavy (non-hydrogen) atoms. The average Bonchev–Trinajstić information content (AvgIpc) is 2.53. The second kappa shape index (κ2) is 3.57. The third-order valence-electron chi connectivity index (χ3n) is 1.75. The molecule has 2 rings (SSSR count). The Bertz CT molecular complexity index is 345. The SMILES string of the molecule is O=C1NC(c2ccccc2Cl)NS1. The maximum Gasteiger partial charge on any atom is 0.295 e. The van der Waals surface area contributed by atoms with Crippen LogP contribution in [0.4, 0.5) is 4.79 Å². The van der Waals surface area contributed by atoms with Crippen LogP contribution >= 0.6 is 23.5 Å². The molecule has 0 aromatic heterocycles. The summed E-state index contributed by atoms with van der Waals surface area (Å²) in [5.74, 6) is 0. The van der Waals surface area contributed by atoms with E-state index in [-0.39, 0.29) is 11.4 Å². The lowest BCUT2D eigenvalue weighted by molar-refractivity contribution is 0.259. The monoisotopic (exact) mass is 214 g/mol. The van der Waals surface area contributed by atoms with Gasteiger partial charge in [-0.05, 0) is 6.07 Å². The highest BCUT2D eigenvalue weighted by atomic mass is 35.5. The van der Waals surface area contributed by atoms with Crippen molar-refractivity contribution in [1.29, 1.82) is 0 Å². The molecular weight excluding hydrogens is 208 g/mol. The number of hydrogen-bond donors (Lipinski definition) is 2. The van der Waals surface area contributed by atoms with Gasteiger partial charge in [0.1, 0.15) is 6.17 Å². The van der Waals surface area contributed by atoms with E-state index < -0.39 is 0 Å². The first-order chi connectivity index (χ1) is 6.27. The van der Waals surface area contributed by atoms with Crippen LogP contribution in [0.2, 0.25) is 5.02 Å². The number of nitrogens with one attached hydrogen (secondary N) is 2. The summed E-state index contributed by atoms with van der Waals surface area (Å²) in [5, 5.41) is 3.32. The second-order valence-corrected chi connectivity index (χ2v) is 3.82. The van der Waals surface area contributed by atoms with E-state index >= 15 is 0 Å². The molecule has 1 aliphatic heterocycles. The molecule has 0 aliphatic carbocycles. The third kappa shape index (κ3) is 1.80. The van der Waals surface area contributed by atoms with E-state index in [9.17, 15) is 4.79 Å². The number of rotatable bonds is 1. The third-order valence-corrected chi connectivity index (χ3v) is 2.75. The Morgan fingerprint density at radius 2 is 2.15 bits per heavy atom. The molecule has 1 unspecified atom stereocenters. The minimum atomic E-state index is -0.175. The number of carbonyl (C=O) groups excluding carboxylic acids is 1. The fourth-order valence-corrected chi connectivity index (χ4v) is 1.97. The number of carbonyl (C=O) groups is 1. The molecule has 1 aliphatic rings. The number of hydrogen-bond acceptors (Lipinski definition) is 3. The van der Waals surface area contributed by atoms with Crippen LogP contribution in [0.15, 0.2) is 24.3 Å². The van der Waals surface area contributed by atoms with Crippen LogP contribution in [0, 0.1) is 0 Å². The van der Waals surface area contributed by atoms with Crippen molar-refractivity contribution < 1.29 is 4.79 Å². The molecule has 1 aromatic carbocycles. The summed E-state index contributed by atoms with van der Waals surface area (Å²) in [6.45, 7) is 0. The summed E-state index contributed by atoms with van der Waals surface area (Å²) in [6, 6.07) is 7.42. The maximum atomic E-state index is 10.9. The van der Waals surface area contributed by atoms with E-state index in [0.717, 1.165) is 17.5 Å². The highest BCUT2D eigenvalue weighted by Crippen LogP contribution is 2.25. The van der Waals surface area contributed by atoms with Gasteiger partial charge in [0.2, 0.25) is 0 Å². The molecule has 5 heteroatoms. The van der Waals surface area contributed by atoms with Gasteiger partial charge < -0.3 is 5.32 Å². The zero-order valence-corrected chi connectivity index (χ0v) is 8.15. The normalized spacial score (nSPS) is 21.6. The molecule has 1 heterocycles. The highest BCUT2D eigenvalue weighted by molar-refractivity contribution is 8.12. The van der Waals surface area contributed by atoms with Gasteiger partial charge in [-0.15, -0.1) is 0 Å². The minimum absolute atomic E-state index is 0.0788. The van der Waals surface area contributed by atoms with Gasteiger partial charge in [-0.2, -0.15) is 0 Å². The molecule has 68 valence electrons. The van der Waals surface area contributed by atoms with Gasteiger partial charge in [-0.1, -0.05) is 29.8 Å². The van der Waals surface area contributed by atoms with E-state index in [1.165, 1.54) is 0 Å². The van der Waals surface area contributed by atoms with Gasteiger partial charge in [-0.3, -0.25) is 4.79 Å². The quantitative estimate of drug-likeness (QED) is 0.705. The molecule has 1 fully saturated rings. The summed E-state index contributed by atoms with van der Waals surface area (Å²) in [7, 11) is 0. The van der Waals surface area contributed by atoms with Crippen molar-refractivity contribution in [1.82, 2.24) is 10.0 Å². The van der Waals surface area contributed by atoms with Crippen molar-refractivity contribution >= 4 is 28.8 Å². The lowest BCUT2D eigenvalue weighted by Crippen LogP contribution is -2.22. The lowest BCUT2D eigenvalue weighted by Gasteiger charge is -2.10. The van der Waals surface area contributed by atoms with Crippen molar-refractivity contribution in [3.63, 3.8) is 0 Å². The zero-order valence-electron chi connectivity index (χ0n) is 6.58. The van der Waals surface area contributed by atoms with Gasteiger partial charge in [0.05, 0.1) is 0 Å². The summed E-state index contributed by atoms with van der Waals surface area (Å²) in [4.78, 5) is 10.9. The predicted octanol–water partition coefficient (Wildman–Crippen LogP) is 2.30. The van der Waals surface area contributed by atoms with Gasteiger partial charge in [0.25, 0.3) is 5.24 Å². The molecule has 0 spiro atoms. The first-order valence-electron chi connectivity index (χ1n) is 3.74. The number of amides is 1. The van der Waals surface area contributed by atoms with Crippen molar-refractivity contribution in [3.05, 3.63) is 34.9 Å². The van der Waals surface area contributed by atoms with Crippen LogP contribution < -0.4 is 10.0 Å². The maximum absolute atomic E-state index is 10.9. The highest BCUT2D eigenvalue weighted by Gasteiger charge is 2.23. The lowest BCUT2D eigenvalue weighted by atomic mass is 10.2. The van der Waals surface area contributed by atoms with E-state index in [0.29, 0.717) is 5.02 Å². The Hall–Kier alpha value is -0.710. The molecule has 1 amide bonds. The molecule has 2 N–H and O–H groups in total. The second-order valence-electron chi connectivity index (χ2n) is 2.61. The smallest absolute Gasteiger partial charge is 0.295 e. The molecule has 1 saturated heterocycles. The van der Waals surface area contributed by atoms with Gasteiger partial charge in [-0.25, -0.2) is 4.72 Å². The minimum Gasteiger partial charge on any atom is -0.326 e.